The lowest BCUT2D eigenvalue weighted by molar-refractivity contribution is -0.124. The lowest BCUT2D eigenvalue weighted by Gasteiger charge is -2.39. The first kappa shape index (κ1) is 22.0. The second kappa shape index (κ2) is 9.53. The number of aliphatic hydroxyl groups is 1. The highest BCUT2D eigenvalue weighted by Crippen LogP contribution is 2.41. The van der Waals surface area contributed by atoms with Crippen LogP contribution in [0.4, 0.5) is 5.69 Å². The zero-order valence-corrected chi connectivity index (χ0v) is 18.8. The smallest absolute Gasteiger partial charge is 0.348 e. The van der Waals surface area contributed by atoms with Gasteiger partial charge in [-0.2, -0.15) is 0 Å². The van der Waals surface area contributed by atoms with E-state index in [9.17, 15) is 19.8 Å². The van der Waals surface area contributed by atoms with Crippen molar-refractivity contribution in [3.8, 4) is 10.4 Å². The minimum atomic E-state index is -1.01. The molecule has 0 spiro atoms. The number of rotatable bonds is 5. The first-order valence-electron chi connectivity index (χ1n) is 11.4. The van der Waals surface area contributed by atoms with E-state index in [4.69, 9.17) is 0 Å². The first-order valence-corrected chi connectivity index (χ1v) is 12.2. The van der Waals surface area contributed by atoms with Crippen molar-refractivity contribution in [2.45, 2.75) is 70.4 Å². The van der Waals surface area contributed by atoms with E-state index in [1.54, 1.807) is 4.90 Å². The van der Waals surface area contributed by atoms with E-state index < -0.39 is 12.1 Å². The van der Waals surface area contributed by atoms with Crippen molar-refractivity contribution in [3.05, 3.63) is 41.3 Å². The van der Waals surface area contributed by atoms with Crippen LogP contribution in [0.25, 0.3) is 10.4 Å². The fraction of sp³-hybridized carbons (Fsp3) is 0.520. The standard InChI is InChI=1S/C25H31NO4S/c1-16-10-12-18(13-11-16)24(28)26(19-8-5-9-20(27)14-19)21-15-22(31-23(21)25(29)30)17-6-3-2-4-7-17/h2-4,6-7,15-16,18-20,27H,5,8-14H2,1H3,(H,29,30)/t16?,18?,19?,20-/m1/s1. The maximum atomic E-state index is 13.8. The quantitative estimate of drug-likeness (QED) is 0.635. The van der Waals surface area contributed by atoms with Gasteiger partial charge in [-0.1, -0.05) is 37.3 Å². The van der Waals surface area contributed by atoms with E-state index in [2.05, 4.69) is 6.92 Å². The number of carbonyl (C=O) groups excluding carboxylic acids is 1. The molecule has 2 fully saturated rings. The van der Waals surface area contributed by atoms with E-state index in [1.165, 1.54) is 11.3 Å². The van der Waals surface area contributed by atoms with Crippen molar-refractivity contribution >= 4 is 28.9 Å². The summed E-state index contributed by atoms with van der Waals surface area (Å²) >= 11 is 1.22. The molecule has 2 saturated carbocycles. The monoisotopic (exact) mass is 441 g/mol. The van der Waals surface area contributed by atoms with Gasteiger partial charge in [0.25, 0.3) is 0 Å². The van der Waals surface area contributed by atoms with Gasteiger partial charge in [-0.25, -0.2) is 4.79 Å². The molecule has 1 aromatic carbocycles. The Balaban J connectivity index is 1.74. The number of carbonyl (C=O) groups is 2. The summed E-state index contributed by atoms with van der Waals surface area (Å²) in [5.41, 5.74) is 1.45. The molecular formula is C25H31NO4S. The zero-order chi connectivity index (χ0) is 22.0. The lowest BCUT2D eigenvalue weighted by Crippen LogP contribution is -2.47. The van der Waals surface area contributed by atoms with E-state index in [-0.39, 0.29) is 22.7 Å². The molecule has 31 heavy (non-hydrogen) atoms. The molecule has 2 aliphatic carbocycles. The maximum absolute atomic E-state index is 13.8. The molecule has 2 N–H and O–H groups in total. The number of aliphatic hydroxyl groups excluding tert-OH is 1. The molecule has 1 aromatic heterocycles. The number of anilines is 1. The number of aromatic carboxylic acids is 1. The Kier molecular flexibility index (Phi) is 6.77. The molecule has 4 rings (SSSR count). The molecule has 6 heteroatoms. The van der Waals surface area contributed by atoms with Crippen LogP contribution < -0.4 is 4.90 Å². The molecule has 166 valence electrons. The lowest BCUT2D eigenvalue weighted by atomic mass is 9.81. The largest absolute Gasteiger partial charge is 0.477 e. The second-order valence-corrected chi connectivity index (χ2v) is 10.2. The summed E-state index contributed by atoms with van der Waals surface area (Å²) in [6.45, 7) is 2.23. The van der Waals surface area contributed by atoms with Gasteiger partial charge in [0, 0.05) is 16.8 Å². The number of carboxylic acids is 1. The van der Waals surface area contributed by atoms with Gasteiger partial charge >= 0.3 is 5.97 Å². The number of nitrogens with zero attached hydrogens (tertiary/aromatic N) is 1. The molecular weight excluding hydrogens is 410 g/mol. The van der Waals surface area contributed by atoms with Crippen LogP contribution in [0.1, 0.15) is 68.0 Å². The molecule has 1 heterocycles. The molecule has 0 radical (unpaired) electrons. The third-order valence-corrected chi connectivity index (χ3v) is 7.97. The summed E-state index contributed by atoms with van der Waals surface area (Å²) in [5.74, 6) is -0.411. The normalized spacial score (nSPS) is 26.4. The molecule has 1 unspecified atom stereocenters. The number of benzene rings is 1. The third kappa shape index (κ3) is 4.85. The van der Waals surface area contributed by atoms with Crippen molar-refractivity contribution in [3.63, 3.8) is 0 Å². The SMILES string of the molecule is CC1CCC(C(=O)N(c2cc(-c3ccccc3)sc2C(=O)O)C2CCC[C@@H](O)C2)CC1. The maximum Gasteiger partial charge on any atom is 0.348 e. The molecule has 2 atom stereocenters. The van der Waals surface area contributed by atoms with Crippen LogP contribution in [0.3, 0.4) is 0 Å². The zero-order valence-electron chi connectivity index (χ0n) is 18.0. The van der Waals surface area contributed by atoms with Gasteiger partial charge in [-0.3, -0.25) is 4.79 Å². The fourth-order valence-electron chi connectivity index (χ4n) is 5.03. The summed E-state index contributed by atoms with van der Waals surface area (Å²) < 4.78 is 0. The van der Waals surface area contributed by atoms with Gasteiger partial charge < -0.3 is 15.1 Å². The summed E-state index contributed by atoms with van der Waals surface area (Å²) in [6, 6.07) is 11.4. The van der Waals surface area contributed by atoms with Crippen molar-refractivity contribution in [1.29, 1.82) is 0 Å². The minimum absolute atomic E-state index is 0.0333. The van der Waals surface area contributed by atoms with E-state index in [0.29, 0.717) is 18.0 Å². The third-order valence-electron chi connectivity index (χ3n) is 6.81. The van der Waals surface area contributed by atoms with Crippen molar-refractivity contribution < 1.29 is 19.8 Å². The fourth-order valence-corrected chi connectivity index (χ4v) is 6.02. The molecule has 0 aliphatic heterocycles. The van der Waals surface area contributed by atoms with Gasteiger partial charge in [0.2, 0.25) is 5.91 Å². The van der Waals surface area contributed by atoms with Crippen molar-refractivity contribution in [1.82, 2.24) is 0 Å². The van der Waals surface area contributed by atoms with Gasteiger partial charge in [0.1, 0.15) is 4.88 Å². The van der Waals surface area contributed by atoms with Gasteiger partial charge in [-0.15, -0.1) is 11.3 Å². The molecule has 1 amide bonds. The van der Waals surface area contributed by atoms with Crippen molar-refractivity contribution in [2.75, 3.05) is 4.90 Å². The Morgan fingerprint density at radius 3 is 2.39 bits per heavy atom. The highest BCUT2D eigenvalue weighted by Gasteiger charge is 2.37. The summed E-state index contributed by atoms with van der Waals surface area (Å²) in [6.07, 6.45) is 6.20. The highest BCUT2D eigenvalue weighted by atomic mass is 32.1. The molecule has 2 aliphatic rings. The Bertz CT molecular complexity index is 917. The van der Waals surface area contributed by atoms with Crippen LogP contribution in [-0.4, -0.2) is 34.2 Å². The minimum Gasteiger partial charge on any atom is -0.477 e. The average molecular weight is 442 g/mol. The average Bonchev–Trinajstić information content (AvgIpc) is 3.20. The predicted octanol–water partition coefficient (Wildman–Crippen LogP) is 5.58. The predicted molar refractivity (Wildman–Crippen MR) is 124 cm³/mol. The van der Waals surface area contributed by atoms with Gasteiger partial charge in [-0.05, 0) is 68.9 Å². The van der Waals surface area contributed by atoms with Crippen LogP contribution in [0.5, 0.6) is 0 Å². The number of hydrogen-bond donors (Lipinski definition) is 2. The first-order chi connectivity index (χ1) is 14.9. The van der Waals surface area contributed by atoms with Gasteiger partial charge in [0.05, 0.1) is 11.8 Å². The van der Waals surface area contributed by atoms with Crippen LogP contribution >= 0.6 is 11.3 Å². The van der Waals surface area contributed by atoms with Gasteiger partial charge in [0.15, 0.2) is 0 Å². The molecule has 0 saturated heterocycles. The summed E-state index contributed by atoms with van der Waals surface area (Å²) in [5, 5.41) is 20.3. The summed E-state index contributed by atoms with van der Waals surface area (Å²) in [4.78, 5) is 28.8. The number of thiophene rings is 1. The highest BCUT2D eigenvalue weighted by molar-refractivity contribution is 7.18. The molecule has 0 bridgehead atoms. The van der Waals surface area contributed by atoms with Crippen molar-refractivity contribution in [2.24, 2.45) is 11.8 Å². The van der Waals surface area contributed by atoms with Crippen LogP contribution in [-0.2, 0) is 4.79 Å². The Hall–Kier alpha value is -2.18. The molecule has 5 nitrogen and oxygen atoms in total. The van der Waals surface area contributed by atoms with E-state index >= 15 is 0 Å². The molecule has 2 aromatic rings. The number of hydrogen-bond acceptors (Lipinski definition) is 4. The van der Waals surface area contributed by atoms with Crippen LogP contribution in [0.2, 0.25) is 0 Å². The van der Waals surface area contributed by atoms with E-state index in [0.717, 1.165) is 55.4 Å². The van der Waals surface area contributed by atoms with Crippen LogP contribution in [0, 0.1) is 11.8 Å². The number of carboxylic acid groups (broad SMARTS) is 1. The Morgan fingerprint density at radius 2 is 1.74 bits per heavy atom. The Labute approximate surface area is 187 Å². The Morgan fingerprint density at radius 1 is 1.03 bits per heavy atom. The van der Waals surface area contributed by atoms with E-state index in [1.807, 2.05) is 36.4 Å². The summed E-state index contributed by atoms with van der Waals surface area (Å²) in [7, 11) is 0. The van der Waals surface area contributed by atoms with Crippen LogP contribution in [0.15, 0.2) is 36.4 Å². The number of amides is 1. The topological polar surface area (TPSA) is 77.8 Å². The second-order valence-electron chi connectivity index (χ2n) is 9.14.